The van der Waals surface area contributed by atoms with Crippen molar-refractivity contribution in [3.63, 3.8) is 0 Å². The summed E-state index contributed by atoms with van der Waals surface area (Å²) in [5, 5.41) is 2.62. The lowest BCUT2D eigenvalue weighted by atomic mass is 10.1. The molecule has 1 aromatic heterocycles. The van der Waals surface area contributed by atoms with Crippen molar-refractivity contribution in [3.8, 4) is 5.75 Å². The van der Waals surface area contributed by atoms with Gasteiger partial charge in [-0.15, -0.1) is 0 Å². The summed E-state index contributed by atoms with van der Waals surface area (Å²) in [5.74, 6) is 0.430. The first kappa shape index (κ1) is 26.6. The largest absolute Gasteiger partial charge is 0.482 e. The Labute approximate surface area is 216 Å². The number of sulfonamides is 1. The molecule has 0 aliphatic carbocycles. The number of rotatable bonds is 8. The molecule has 2 heterocycles. The van der Waals surface area contributed by atoms with Crippen LogP contribution in [-0.4, -0.2) is 49.7 Å². The van der Waals surface area contributed by atoms with E-state index in [0.717, 1.165) is 16.7 Å². The Kier molecular flexibility index (Phi) is 8.11. The number of carbonyl (C=O) groups excluding carboxylic acids is 1. The number of carbonyl (C=O) groups is 1. The third kappa shape index (κ3) is 6.85. The molecule has 0 unspecified atom stereocenters. The predicted octanol–water partition coefficient (Wildman–Crippen LogP) is 3.30. The first-order chi connectivity index (χ1) is 17.6. The molecule has 9 nitrogen and oxygen atoms in total. The molecule has 0 bridgehead atoms. The molecule has 10 heteroatoms. The molecule has 196 valence electrons. The van der Waals surface area contributed by atoms with Crippen LogP contribution in [0.4, 0.5) is 5.69 Å². The fourth-order valence-corrected chi connectivity index (χ4v) is 5.77. The predicted molar refractivity (Wildman–Crippen MR) is 140 cm³/mol. The quantitative estimate of drug-likeness (QED) is 0.481. The van der Waals surface area contributed by atoms with E-state index in [1.807, 2.05) is 30.9 Å². The van der Waals surface area contributed by atoms with E-state index < -0.39 is 10.0 Å². The number of hydrogen-bond acceptors (Lipinski definition) is 7. The SMILES string of the molecule is CC(=O)Nc1ccc(S(=O)(=O)N2CCN(Cc3cc(=O)c(OCc4cc(C)cc(C)c4)co3)CC2)cc1. The molecule has 3 aromatic rings. The van der Waals surface area contributed by atoms with Crippen molar-refractivity contribution in [2.24, 2.45) is 0 Å². The van der Waals surface area contributed by atoms with E-state index in [9.17, 15) is 18.0 Å². The first-order valence-electron chi connectivity index (χ1n) is 12.0. The number of anilines is 1. The Bertz CT molecular complexity index is 1400. The summed E-state index contributed by atoms with van der Waals surface area (Å²) in [6, 6.07) is 13.7. The van der Waals surface area contributed by atoms with Crippen LogP contribution in [0.1, 0.15) is 29.4 Å². The summed E-state index contributed by atoms with van der Waals surface area (Å²) >= 11 is 0. The molecule has 1 aliphatic rings. The van der Waals surface area contributed by atoms with E-state index >= 15 is 0 Å². The van der Waals surface area contributed by atoms with E-state index in [-0.39, 0.29) is 28.6 Å². The van der Waals surface area contributed by atoms with Crippen LogP contribution in [0.2, 0.25) is 0 Å². The minimum absolute atomic E-state index is 0.156. The summed E-state index contributed by atoms with van der Waals surface area (Å²) < 4.78 is 38.8. The van der Waals surface area contributed by atoms with Gasteiger partial charge in [0.15, 0.2) is 0 Å². The third-order valence-electron chi connectivity index (χ3n) is 6.05. The van der Waals surface area contributed by atoms with Crippen molar-refractivity contribution in [2.75, 3.05) is 31.5 Å². The Morgan fingerprint density at radius 3 is 2.24 bits per heavy atom. The molecule has 0 atom stereocenters. The summed E-state index contributed by atoms with van der Waals surface area (Å²) in [4.78, 5) is 25.9. The summed E-state index contributed by atoms with van der Waals surface area (Å²) in [5.41, 5.74) is 3.54. The highest BCUT2D eigenvalue weighted by atomic mass is 32.2. The fourth-order valence-electron chi connectivity index (χ4n) is 4.35. The average molecular weight is 526 g/mol. The van der Waals surface area contributed by atoms with Crippen molar-refractivity contribution in [1.82, 2.24) is 9.21 Å². The van der Waals surface area contributed by atoms with Gasteiger partial charge in [-0.25, -0.2) is 8.42 Å². The molecular formula is C27H31N3O6S. The van der Waals surface area contributed by atoms with Gasteiger partial charge < -0.3 is 14.5 Å². The van der Waals surface area contributed by atoms with Gasteiger partial charge >= 0.3 is 0 Å². The molecule has 0 saturated carbocycles. The molecule has 1 N–H and O–H groups in total. The standard InChI is InChI=1S/C27H31N3O6S/c1-19-12-20(2)14-22(13-19)17-36-27-18-35-24(15-26(27)32)16-29-8-10-30(11-9-29)37(33,34)25-6-4-23(5-7-25)28-21(3)31/h4-7,12-15,18H,8-11,16-17H2,1-3H3,(H,28,31). The van der Waals surface area contributed by atoms with E-state index in [2.05, 4.69) is 11.4 Å². The van der Waals surface area contributed by atoms with Gasteiger partial charge in [0, 0.05) is 44.9 Å². The maximum atomic E-state index is 13.0. The highest BCUT2D eigenvalue weighted by Crippen LogP contribution is 2.21. The molecule has 1 saturated heterocycles. The number of hydrogen-bond donors (Lipinski definition) is 1. The first-order valence-corrected chi connectivity index (χ1v) is 13.5. The van der Waals surface area contributed by atoms with Crippen LogP contribution in [0.5, 0.6) is 5.75 Å². The van der Waals surface area contributed by atoms with Gasteiger partial charge in [-0.3, -0.25) is 14.5 Å². The monoisotopic (exact) mass is 525 g/mol. The highest BCUT2D eigenvalue weighted by Gasteiger charge is 2.28. The zero-order valence-electron chi connectivity index (χ0n) is 21.2. The second kappa shape index (κ2) is 11.3. The number of benzene rings is 2. The van der Waals surface area contributed by atoms with Crippen LogP contribution >= 0.6 is 0 Å². The highest BCUT2D eigenvalue weighted by molar-refractivity contribution is 7.89. The van der Waals surface area contributed by atoms with Gasteiger partial charge in [-0.1, -0.05) is 29.3 Å². The van der Waals surface area contributed by atoms with Gasteiger partial charge in [0.05, 0.1) is 11.4 Å². The number of aryl methyl sites for hydroxylation is 2. The van der Waals surface area contributed by atoms with Gasteiger partial charge in [-0.05, 0) is 43.7 Å². The molecule has 4 rings (SSSR count). The van der Waals surface area contributed by atoms with Crippen LogP contribution in [0, 0.1) is 13.8 Å². The van der Waals surface area contributed by atoms with E-state index in [1.54, 1.807) is 12.1 Å². The van der Waals surface area contributed by atoms with Crippen LogP contribution in [0.3, 0.4) is 0 Å². The van der Waals surface area contributed by atoms with Crippen LogP contribution in [0.25, 0.3) is 0 Å². The normalized spacial score (nSPS) is 14.9. The van der Waals surface area contributed by atoms with Gasteiger partial charge in [0.2, 0.25) is 27.1 Å². The Balaban J connectivity index is 1.31. The van der Waals surface area contributed by atoms with Crippen molar-refractivity contribution >= 4 is 21.6 Å². The Hall–Kier alpha value is -3.47. The Morgan fingerprint density at radius 1 is 1.00 bits per heavy atom. The summed E-state index contributed by atoms with van der Waals surface area (Å²) in [6.45, 7) is 7.72. The van der Waals surface area contributed by atoms with E-state index in [0.29, 0.717) is 44.2 Å². The van der Waals surface area contributed by atoms with Crippen molar-refractivity contribution in [2.45, 2.75) is 38.8 Å². The van der Waals surface area contributed by atoms with Gasteiger partial charge in [-0.2, -0.15) is 4.31 Å². The molecule has 2 aromatic carbocycles. The number of nitrogens with one attached hydrogen (secondary N) is 1. The summed E-state index contributed by atoms with van der Waals surface area (Å²) in [7, 11) is -3.65. The smallest absolute Gasteiger partial charge is 0.243 e. The van der Waals surface area contributed by atoms with E-state index in [4.69, 9.17) is 9.15 Å². The fraction of sp³-hybridized carbons (Fsp3) is 0.333. The van der Waals surface area contributed by atoms with E-state index in [1.165, 1.54) is 35.7 Å². The lowest BCUT2D eigenvalue weighted by Crippen LogP contribution is -2.48. The molecule has 1 fully saturated rings. The number of ether oxygens (including phenoxy) is 1. The van der Waals surface area contributed by atoms with Crippen molar-refractivity contribution < 1.29 is 22.4 Å². The topological polar surface area (TPSA) is 109 Å². The van der Waals surface area contributed by atoms with Gasteiger partial charge in [0.1, 0.15) is 18.6 Å². The minimum Gasteiger partial charge on any atom is -0.482 e. The van der Waals surface area contributed by atoms with Crippen LogP contribution < -0.4 is 15.5 Å². The molecule has 1 amide bonds. The number of piperazine rings is 1. The maximum Gasteiger partial charge on any atom is 0.243 e. The van der Waals surface area contributed by atoms with Crippen molar-refractivity contribution in [1.29, 1.82) is 0 Å². The maximum absolute atomic E-state index is 13.0. The molecule has 0 radical (unpaired) electrons. The summed E-state index contributed by atoms with van der Waals surface area (Å²) in [6.07, 6.45) is 1.34. The average Bonchev–Trinajstić information content (AvgIpc) is 2.83. The lowest BCUT2D eigenvalue weighted by Gasteiger charge is -2.33. The second-order valence-electron chi connectivity index (χ2n) is 9.25. The zero-order valence-corrected chi connectivity index (χ0v) is 22.0. The number of nitrogens with zero attached hydrogens (tertiary/aromatic N) is 2. The lowest BCUT2D eigenvalue weighted by molar-refractivity contribution is -0.114. The van der Waals surface area contributed by atoms with Crippen LogP contribution in [0.15, 0.2) is 68.9 Å². The third-order valence-corrected chi connectivity index (χ3v) is 7.96. The molecule has 0 spiro atoms. The molecule has 37 heavy (non-hydrogen) atoms. The second-order valence-corrected chi connectivity index (χ2v) is 11.2. The number of amides is 1. The minimum atomic E-state index is -3.65. The Morgan fingerprint density at radius 2 is 1.65 bits per heavy atom. The van der Waals surface area contributed by atoms with Gasteiger partial charge in [0.25, 0.3) is 0 Å². The molecular weight excluding hydrogens is 494 g/mol. The molecule has 1 aliphatic heterocycles. The zero-order chi connectivity index (χ0) is 26.6. The van der Waals surface area contributed by atoms with Crippen molar-refractivity contribution in [3.05, 3.63) is 87.5 Å². The van der Waals surface area contributed by atoms with Crippen LogP contribution in [-0.2, 0) is 28.0 Å².